The standard InChI is InChI=1S/C22H28O5/c1-21-9-6-14-15(5-4-13-11-18(23)19(24)12-16(13)14)17(21)7-10-22(21,27)8-2-3-20(25)26/h11,15,17,27H,2-10,12H2,1H3,(H,25,26)/t15-,17+,21+,22-/m1/s1. The Morgan fingerprint density at radius 3 is 2.74 bits per heavy atom. The van der Waals surface area contributed by atoms with Gasteiger partial charge in [-0.25, -0.2) is 0 Å². The highest BCUT2D eigenvalue weighted by atomic mass is 16.4. The molecular weight excluding hydrogens is 344 g/mol. The number of Topliss-reactive ketones (excluding diaryl/α,β-unsaturated/α-hetero) is 1. The number of carbonyl (C=O) groups excluding carboxylic acids is 2. The smallest absolute Gasteiger partial charge is 0.303 e. The number of allylic oxidation sites excluding steroid dienone is 4. The van der Waals surface area contributed by atoms with Gasteiger partial charge in [0, 0.05) is 12.8 Å². The number of fused-ring (bicyclic) bond motifs is 4. The number of rotatable bonds is 4. The van der Waals surface area contributed by atoms with Gasteiger partial charge in [0.15, 0.2) is 0 Å². The molecule has 4 atom stereocenters. The zero-order valence-corrected chi connectivity index (χ0v) is 15.9. The summed E-state index contributed by atoms with van der Waals surface area (Å²) < 4.78 is 0. The molecule has 2 saturated carbocycles. The van der Waals surface area contributed by atoms with Gasteiger partial charge in [0.25, 0.3) is 0 Å². The summed E-state index contributed by atoms with van der Waals surface area (Å²) in [6, 6.07) is 0. The van der Waals surface area contributed by atoms with E-state index in [9.17, 15) is 19.5 Å². The van der Waals surface area contributed by atoms with Gasteiger partial charge in [-0.05, 0) is 85.8 Å². The van der Waals surface area contributed by atoms with Gasteiger partial charge in [0.1, 0.15) is 0 Å². The topological polar surface area (TPSA) is 91.7 Å². The highest BCUT2D eigenvalue weighted by molar-refractivity contribution is 6.43. The molecule has 0 saturated heterocycles. The van der Waals surface area contributed by atoms with Crippen molar-refractivity contribution in [2.45, 2.75) is 76.7 Å². The molecule has 5 nitrogen and oxygen atoms in total. The second-order valence-corrected chi connectivity index (χ2v) is 9.12. The van der Waals surface area contributed by atoms with Crippen LogP contribution in [0.3, 0.4) is 0 Å². The van der Waals surface area contributed by atoms with Crippen molar-refractivity contribution in [2.75, 3.05) is 0 Å². The molecule has 27 heavy (non-hydrogen) atoms. The second kappa shape index (κ2) is 6.40. The van der Waals surface area contributed by atoms with Gasteiger partial charge in [-0.2, -0.15) is 0 Å². The molecule has 4 rings (SSSR count). The van der Waals surface area contributed by atoms with Crippen LogP contribution in [-0.4, -0.2) is 33.3 Å². The number of carbonyl (C=O) groups is 3. The summed E-state index contributed by atoms with van der Waals surface area (Å²) in [5.74, 6) is -0.714. The summed E-state index contributed by atoms with van der Waals surface area (Å²) in [5.41, 5.74) is 2.53. The fourth-order valence-corrected chi connectivity index (χ4v) is 6.46. The Kier molecular flexibility index (Phi) is 4.41. The maximum Gasteiger partial charge on any atom is 0.303 e. The molecule has 0 bridgehead atoms. The summed E-state index contributed by atoms with van der Waals surface area (Å²) >= 11 is 0. The lowest BCUT2D eigenvalue weighted by Gasteiger charge is -2.52. The maximum absolute atomic E-state index is 12.0. The molecule has 4 aliphatic rings. The van der Waals surface area contributed by atoms with E-state index in [1.807, 2.05) is 0 Å². The maximum atomic E-state index is 12.0. The molecule has 0 aliphatic heterocycles. The van der Waals surface area contributed by atoms with Crippen molar-refractivity contribution in [1.82, 2.24) is 0 Å². The third-order valence-electron chi connectivity index (χ3n) is 8.00. The molecular formula is C22H28O5. The highest BCUT2D eigenvalue weighted by Gasteiger charge is 2.60. The van der Waals surface area contributed by atoms with E-state index in [1.54, 1.807) is 6.08 Å². The van der Waals surface area contributed by atoms with Crippen LogP contribution in [0.2, 0.25) is 0 Å². The van der Waals surface area contributed by atoms with Crippen molar-refractivity contribution in [2.24, 2.45) is 17.3 Å². The normalized spacial score (nSPS) is 38.2. The minimum Gasteiger partial charge on any atom is -0.481 e. The van der Waals surface area contributed by atoms with Gasteiger partial charge < -0.3 is 10.2 Å². The second-order valence-electron chi connectivity index (χ2n) is 9.12. The van der Waals surface area contributed by atoms with E-state index in [-0.39, 0.29) is 29.8 Å². The van der Waals surface area contributed by atoms with E-state index in [4.69, 9.17) is 5.11 Å². The Balaban J connectivity index is 1.61. The van der Waals surface area contributed by atoms with E-state index in [0.717, 1.165) is 49.7 Å². The van der Waals surface area contributed by atoms with Gasteiger partial charge in [0.2, 0.25) is 11.6 Å². The zero-order valence-electron chi connectivity index (χ0n) is 15.9. The fraction of sp³-hybridized carbons (Fsp3) is 0.682. The third kappa shape index (κ3) is 2.82. The first kappa shape index (κ1) is 18.6. The molecule has 2 fully saturated rings. The molecule has 0 heterocycles. The van der Waals surface area contributed by atoms with Gasteiger partial charge in [-0.15, -0.1) is 0 Å². The van der Waals surface area contributed by atoms with Crippen LogP contribution >= 0.6 is 0 Å². The minimum atomic E-state index is -0.808. The zero-order chi connectivity index (χ0) is 19.4. The van der Waals surface area contributed by atoms with E-state index in [1.165, 1.54) is 5.57 Å². The minimum absolute atomic E-state index is 0.103. The lowest BCUT2D eigenvalue weighted by molar-refractivity contribution is -0.138. The molecule has 146 valence electrons. The van der Waals surface area contributed by atoms with Crippen LogP contribution < -0.4 is 0 Å². The number of carboxylic acids is 1. The number of aliphatic hydroxyl groups is 1. The number of ketones is 2. The van der Waals surface area contributed by atoms with Crippen LogP contribution in [0.4, 0.5) is 0 Å². The molecule has 0 spiro atoms. The fourth-order valence-electron chi connectivity index (χ4n) is 6.46. The van der Waals surface area contributed by atoms with Crippen molar-refractivity contribution < 1.29 is 24.6 Å². The quantitative estimate of drug-likeness (QED) is 0.738. The molecule has 2 N–H and O–H groups in total. The monoisotopic (exact) mass is 372 g/mol. The lowest BCUT2D eigenvalue weighted by Crippen LogP contribution is -2.49. The molecule has 0 amide bonds. The Morgan fingerprint density at radius 2 is 2.00 bits per heavy atom. The number of aliphatic carboxylic acids is 1. The van der Waals surface area contributed by atoms with E-state index in [2.05, 4.69) is 6.92 Å². The van der Waals surface area contributed by atoms with Crippen molar-refractivity contribution in [1.29, 1.82) is 0 Å². The van der Waals surface area contributed by atoms with Crippen molar-refractivity contribution in [3.8, 4) is 0 Å². The first-order valence-corrected chi connectivity index (χ1v) is 10.2. The summed E-state index contributed by atoms with van der Waals surface area (Å²) in [6.07, 6.45) is 8.20. The largest absolute Gasteiger partial charge is 0.481 e. The summed E-state index contributed by atoms with van der Waals surface area (Å²) in [5, 5.41) is 20.4. The highest BCUT2D eigenvalue weighted by Crippen LogP contribution is 2.64. The van der Waals surface area contributed by atoms with Crippen LogP contribution in [0.15, 0.2) is 22.8 Å². The van der Waals surface area contributed by atoms with Crippen LogP contribution in [0, 0.1) is 17.3 Å². The van der Waals surface area contributed by atoms with E-state index >= 15 is 0 Å². The SMILES string of the molecule is C[C@]12CCC3=C4CC(=O)C(=O)C=C4CC[C@H]3[C@@H]1CC[C@]2(O)CCCC(=O)O. The van der Waals surface area contributed by atoms with E-state index < -0.39 is 11.6 Å². The molecule has 0 radical (unpaired) electrons. The van der Waals surface area contributed by atoms with Crippen molar-refractivity contribution in [3.63, 3.8) is 0 Å². The molecule has 4 aliphatic carbocycles. The predicted octanol–water partition coefficient (Wildman–Crippen LogP) is 3.36. The number of hydrogen-bond donors (Lipinski definition) is 2. The Hall–Kier alpha value is -1.75. The average Bonchev–Trinajstić information content (AvgIpc) is 2.87. The summed E-state index contributed by atoms with van der Waals surface area (Å²) in [6.45, 7) is 2.19. The van der Waals surface area contributed by atoms with Crippen LogP contribution in [0.25, 0.3) is 0 Å². The van der Waals surface area contributed by atoms with Gasteiger partial charge >= 0.3 is 5.97 Å². The van der Waals surface area contributed by atoms with Crippen molar-refractivity contribution in [3.05, 3.63) is 22.8 Å². The molecule has 0 aromatic carbocycles. The first-order valence-electron chi connectivity index (χ1n) is 10.2. The van der Waals surface area contributed by atoms with E-state index in [0.29, 0.717) is 24.7 Å². The van der Waals surface area contributed by atoms with Gasteiger partial charge in [-0.3, -0.25) is 14.4 Å². The average molecular weight is 372 g/mol. The van der Waals surface area contributed by atoms with Gasteiger partial charge in [0.05, 0.1) is 5.60 Å². The van der Waals surface area contributed by atoms with Crippen molar-refractivity contribution >= 4 is 17.5 Å². The Labute approximate surface area is 159 Å². The first-order chi connectivity index (χ1) is 12.7. The Bertz CT molecular complexity index is 776. The predicted molar refractivity (Wildman–Crippen MR) is 99.0 cm³/mol. The molecule has 0 aromatic heterocycles. The van der Waals surface area contributed by atoms with Crippen LogP contribution in [0.5, 0.6) is 0 Å². The number of hydrogen-bond acceptors (Lipinski definition) is 4. The Morgan fingerprint density at radius 1 is 1.22 bits per heavy atom. The lowest BCUT2D eigenvalue weighted by atomic mass is 9.54. The van der Waals surface area contributed by atoms with Crippen LogP contribution in [0.1, 0.15) is 71.1 Å². The third-order valence-corrected chi connectivity index (χ3v) is 8.00. The summed E-state index contributed by atoms with van der Waals surface area (Å²) in [7, 11) is 0. The van der Waals surface area contributed by atoms with Gasteiger partial charge in [-0.1, -0.05) is 12.5 Å². The number of carboxylic acid groups (broad SMARTS) is 1. The molecule has 0 unspecified atom stereocenters. The molecule has 5 heteroatoms. The summed E-state index contributed by atoms with van der Waals surface area (Å²) in [4.78, 5) is 34.6. The molecule has 0 aromatic rings. The van der Waals surface area contributed by atoms with Crippen LogP contribution in [-0.2, 0) is 14.4 Å².